The van der Waals surface area contributed by atoms with Gasteiger partial charge in [-0.05, 0) is 41.8 Å². The number of aromatic amines is 1. The maximum absolute atomic E-state index is 16.6. The molecular weight excluding hydrogens is 601 g/mol. The average Bonchev–Trinajstić information content (AvgIpc) is 3.82. The molecule has 1 saturated heterocycles. The van der Waals surface area contributed by atoms with Crippen molar-refractivity contribution in [2.75, 3.05) is 51.3 Å². The minimum atomic E-state index is -0.466. The second kappa shape index (κ2) is 13.0. The van der Waals surface area contributed by atoms with E-state index in [1.165, 1.54) is 0 Å². The minimum absolute atomic E-state index is 0.0378. The fourth-order valence-corrected chi connectivity index (χ4v) is 6.31. The van der Waals surface area contributed by atoms with Crippen LogP contribution in [0.1, 0.15) is 28.9 Å². The van der Waals surface area contributed by atoms with Crippen LogP contribution in [-0.4, -0.2) is 97.9 Å². The molecule has 2 aliphatic rings. The molecule has 0 saturated carbocycles. The van der Waals surface area contributed by atoms with Crippen molar-refractivity contribution < 1.29 is 18.7 Å². The number of benzene rings is 2. The smallest absolute Gasteiger partial charge is 0.270 e. The standard InChI is InChI=1S/C34H34FN9O3/c1-47-29-8-3-2-7-24(29)26-20-25(23-6-4-13-43(22-23)30(45)9-14-44-15-12-38-40-44)31(35)32-27(26)21-28(39-32)33(46)41-16-18-42(19-17-41)34-36-10-5-11-37-34/h2-3,5-8,10-12,15,20-21,39H,4,9,13-14,16-19,22H2,1H3. The van der Waals surface area contributed by atoms with Gasteiger partial charge < -0.3 is 24.4 Å². The van der Waals surface area contributed by atoms with E-state index in [4.69, 9.17) is 4.74 Å². The van der Waals surface area contributed by atoms with E-state index in [1.807, 2.05) is 41.3 Å². The lowest BCUT2D eigenvalue weighted by Gasteiger charge is -2.34. The van der Waals surface area contributed by atoms with E-state index in [-0.39, 0.29) is 30.3 Å². The molecule has 3 aromatic heterocycles. The van der Waals surface area contributed by atoms with Gasteiger partial charge in [0.1, 0.15) is 11.4 Å². The molecule has 2 aliphatic heterocycles. The summed E-state index contributed by atoms with van der Waals surface area (Å²) in [6.07, 6.45) is 9.54. The van der Waals surface area contributed by atoms with Crippen LogP contribution in [0.15, 0.2) is 73.3 Å². The van der Waals surface area contributed by atoms with E-state index in [1.54, 1.807) is 58.5 Å². The second-order valence-corrected chi connectivity index (χ2v) is 11.5. The number of carbonyl (C=O) groups excluding carboxylic acids is 2. The van der Waals surface area contributed by atoms with Gasteiger partial charge in [-0.25, -0.2) is 14.4 Å². The van der Waals surface area contributed by atoms with Crippen LogP contribution in [0.4, 0.5) is 10.3 Å². The Morgan fingerprint density at radius 2 is 1.74 bits per heavy atom. The molecule has 0 spiro atoms. The number of carbonyl (C=O) groups is 2. The third kappa shape index (κ3) is 6.03. The van der Waals surface area contributed by atoms with Crippen LogP contribution in [-0.2, 0) is 11.3 Å². The van der Waals surface area contributed by atoms with Crippen LogP contribution in [0.3, 0.4) is 0 Å². The highest BCUT2D eigenvalue weighted by molar-refractivity contribution is 6.05. The number of rotatable bonds is 8. The number of hydrogen-bond acceptors (Lipinski definition) is 8. The van der Waals surface area contributed by atoms with E-state index in [9.17, 15) is 9.59 Å². The zero-order valence-electron chi connectivity index (χ0n) is 26.0. The molecule has 7 rings (SSSR count). The van der Waals surface area contributed by atoms with Crippen LogP contribution in [0.2, 0.25) is 0 Å². The van der Waals surface area contributed by atoms with Gasteiger partial charge in [0.05, 0.1) is 25.4 Å². The number of aromatic nitrogens is 6. The number of para-hydroxylation sites is 1. The Morgan fingerprint density at radius 3 is 2.51 bits per heavy atom. The monoisotopic (exact) mass is 635 g/mol. The number of ether oxygens (including phenoxy) is 1. The zero-order valence-corrected chi connectivity index (χ0v) is 26.0. The Hall–Kier alpha value is -5.59. The third-order valence-corrected chi connectivity index (χ3v) is 8.76. The van der Waals surface area contributed by atoms with Gasteiger partial charge >= 0.3 is 0 Å². The normalized spacial score (nSPS) is 15.2. The Labute approximate surface area is 270 Å². The predicted molar refractivity (Wildman–Crippen MR) is 174 cm³/mol. The van der Waals surface area contributed by atoms with Crippen molar-refractivity contribution in [3.05, 3.63) is 90.4 Å². The molecule has 2 aromatic carbocycles. The summed E-state index contributed by atoms with van der Waals surface area (Å²) in [6, 6.07) is 12.9. The Bertz CT molecular complexity index is 1930. The van der Waals surface area contributed by atoms with Crippen molar-refractivity contribution in [1.29, 1.82) is 0 Å². The average molecular weight is 636 g/mol. The fourth-order valence-electron chi connectivity index (χ4n) is 6.31. The first kappa shape index (κ1) is 30.1. The predicted octanol–water partition coefficient (Wildman–Crippen LogP) is 4.03. The number of nitrogens with zero attached hydrogens (tertiary/aromatic N) is 8. The van der Waals surface area contributed by atoms with Gasteiger partial charge in [-0.1, -0.05) is 29.5 Å². The molecule has 0 unspecified atom stereocenters. The largest absolute Gasteiger partial charge is 0.496 e. The summed E-state index contributed by atoms with van der Waals surface area (Å²) >= 11 is 0. The summed E-state index contributed by atoms with van der Waals surface area (Å²) in [5, 5.41) is 8.31. The molecule has 0 atom stereocenters. The maximum Gasteiger partial charge on any atom is 0.270 e. The first-order valence-electron chi connectivity index (χ1n) is 15.6. The number of hydrogen-bond donors (Lipinski definition) is 1. The number of methoxy groups -OCH3 is 1. The summed E-state index contributed by atoms with van der Waals surface area (Å²) < 4.78 is 23.9. The van der Waals surface area contributed by atoms with E-state index in [0.717, 1.165) is 11.1 Å². The highest BCUT2D eigenvalue weighted by Gasteiger charge is 2.28. The van der Waals surface area contributed by atoms with Crippen molar-refractivity contribution in [3.8, 4) is 16.9 Å². The third-order valence-electron chi connectivity index (χ3n) is 8.76. The molecule has 0 bridgehead atoms. The quantitative estimate of drug-likeness (QED) is 0.271. The molecule has 1 N–H and O–H groups in total. The molecule has 0 radical (unpaired) electrons. The van der Waals surface area contributed by atoms with E-state index in [0.29, 0.717) is 79.6 Å². The van der Waals surface area contributed by atoms with Crippen molar-refractivity contribution >= 4 is 34.2 Å². The van der Waals surface area contributed by atoms with Gasteiger partial charge in [-0.3, -0.25) is 14.3 Å². The van der Waals surface area contributed by atoms with Gasteiger partial charge in [0.2, 0.25) is 11.9 Å². The van der Waals surface area contributed by atoms with E-state index < -0.39 is 5.82 Å². The maximum atomic E-state index is 16.6. The Balaban J connectivity index is 1.20. The summed E-state index contributed by atoms with van der Waals surface area (Å²) in [7, 11) is 1.60. The van der Waals surface area contributed by atoms with Crippen molar-refractivity contribution in [3.63, 3.8) is 0 Å². The summed E-state index contributed by atoms with van der Waals surface area (Å²) in [5.41, 5.74) is 3.13. The van der Waals surface area contributed by atoms with Gasteiger partial charge in [0.25, 0.3) is 5.91 Å². The number of aryl methyl sites for hydroxylation is 1. The van der Waals surface area contributed by atoms with E-state index in [2.05, 4.69) is 25.3 Å². The Morgan fingerprint density at radius 1 is 0.936 bits per heavy atom. The fraction of sp³-hybridized carbons (Fsp3) is 0.294. The topological polar surface area (TPSA) is 125 Å². The highest BCUT2D eigenvalue weighted by Crippen LogP contribution is 2.40. The lowest BCUT2D eigenvalue weighted by Crippen LogP contribution is -2.49. The lowest BCUT2D eigenvalue weighted by atomic mass is 9.93. The van der Waals surface area contributed by atoms with Crippen LogP contribution >= 0.6 is 0 Å². The molecule has 240 valence electrons. The summed E-state index contributed by atoms with van der Waals surface area (Å²) in [4.78, 5) is 44.3. The van der Waals surface area contributed by atoms with Gasteiger partial charge in [0.15, 0.2) is 5.82 Å². The van der Waals surface area contributed by atoms with Crippen LogP contribution in [0, 0.1) is 5.82 Å². The number of H-pyrrole nitrogens is 1. The van der Waals surface area contributed by atoms with Crippen molar-refractivity contribution in [2.24, 2.45) is 0 Å². The first-order chi connectivity index (χ1) is 23.0. The molecule has 5 heterocycles. The van der Waals surface area contributed by atoms with Crippen LogP contribution in [0.25, 0.3) is 27.6 Å². The molecule has 1 fully saturated rings. The van der Waals surface area contributed by atoms with Crippen LogP contribution in [0.5, 0.6) is 5.75 Å². The van der Waals surface area contributed by atoms with Gasteiger partial charge in [-0.15, -0.1) is 5.10 Å². The van der Waals surface area contributed by atoms with Crippen molar-refractivity contribution in [2.45, 2.75) is 19.4 Å². The number of anilines is 1. The molecule has 2 amide bonds. The van der Waals surface area contributed by atoms with Gasteiger partial charge in [0, 0.05) is 80.8 Å². The van der Waals surface area contributed by atoms with Crippen molar-refractivity contribution in [1.82, 2.24) is 39.7 Å². The van der Waals surface area contributed by atoms with Crippen LogP contribution < -0.4 is 9.64 Å². The van der Waals surface area contributed by atoms with E-state index >= 15 is 4.39 Å². The SMILES string of the molecule is COc1ccccc1-c1cc(C2=CCCN(C(=O)CCn3ccnn3)C2)c(F)c2[nH]c(C(=O)N3CCN(c4ncccn4)CC3)cc12. The zero-order chi connectivity index (χ0) is 32.3. The molecule has 12 nitrogen and oxygen atoms in total. The second-order valence-electron chi connectivity index (χ2n) is 11.5. The number of halogens is 1. The number of piperazine rings is 1. The molecular formula is C34H34FN9O3. The Kier molecular flexibility index (Phi) is 8.34. The summed E-state index contributed by atoms with van der Waals surface area (Å²) in [6.45, 7) is 3.37. The van der Waals surface area contributed by atoms with Gasteiger partial charge in [-0.2, -0.15) is 0 Å². The number of nitrogens with one attached hydrogen (secondary N) is 1. The first-order valence-corrected chi connectivity index (χ1v) is 15.6. The number of fused-ring (bicyclic) bond motifs is 1. The molecule has 5 aromatic rings. The summed E-state index contributed by atoms with van der Waals surface area (Å²) in [5.74, 6) is 0.551. The minimum Gasteiger partial charge on any atom is -0.496 e. The molecule has 47 heavy (non-hydrogen) atoms. The lowest BCUT2D eigenvalue weighted by molar-refractivity contribution is -0.131. The molecule has 13 heteroatoms. The molecule has 0 aliphatic carbocycles. The number of amides is 2. The highest BCUT2D eigenvalue weighted by atomic mass is 19.1.